The molecule has 9 heteroatoms. The molecule has 0 bridgehead atoms. The quantitative estimate of drug-likeness (QED) is 0.700. The minimum absolute atomic E-state index is 0.0180. The third-order valence-electron chi connectivity index (χ3n) is 2.38. The maximum atomic E-state index is 12.4. The van der Waals surface area contributed by atoms with E-state index in [1.807, 2.05) is 0 Å². The van der Waals surface area contributed by atoms with Gasteiger partial charge < -0.3 is 16.2 Å². The number of carboxylic acids is 1. The zero-order chi connectivity index (χ0) is 16.0. The highest BCUT2D eigenvalue weighted by molar-refractivity contribution is 8.00. The molecule has 0 aliphatic heterocycles. The first kappa shape index (κ1) is 17.3. The molecule has 1 atom stereocenters. The molecule has 1 unspecified atom stereocenters. The molecule has 5 nitrogen and oxygen atoms in total. The second-order valence-corrected chi connectivity index (χ2v) is 5.18. The predicted octanol–water partition coefficient (Wildman–Crippen LogP) is 2.43. The number of nitrogens with two attached hydrogens (primary N) is 1. The number of alkyl halides is 3. The van der Waals surface area contributed by atoms with Crippen molar-refractivity contribution < 1.29 is 27.9 Å². The summed E-state index contributed by atoms with van der Waals surface area (Å²) in [5, 5.41) is 10.8. The molecule has 0 radical (unpaired) electrons. The fourth-order valence-corrected chi connectivity index (χ4v) is 2.04. The minimum atomic E-state index is -4.48. The predicted molar refractivity (Wildman–Crippen MR) is 71.8 cm³/mol. The van der Waals surface area contributed by atoms with Gasteiger partial charge in [0.15, 0.2) is 0 Å². The fourth-order valence-electron chi connectivity index (χ4n) is 1.42. The summed E-state index contributed by atoms with van der Waals surface area (Å²) in [5.41, 5.74) is 0.988. The summed E-state index contributed by atoms with van der Waals surface area (Å²) < 4.78 is 37.2. The molecule has 0 spiro atoms. The third-order valence-corrected chi connectivity index (χ3v) is 3.18. The normalized spacial score (nSPS) is 12.8. The molecular weight excluding hydrogens is 309 g/mol. The fraction of sp³-hybridized carbons (Fsp3) is 0.333. The van der Waals surface area contributed by atoms with Crippen LogP contribution >= 0.6 is 11.8 Å². The standard InChI is InChI=1S/C12H13F3N2O3S/c13-12(14,15)21-9-4-2-1-3-8(9)17-11(20)7(16)5-6-10(18)19/h1-4,7H,5-6,16H2,(H,17,20)(H,18,19). The summed E-state index contributed by atoms with van der Waals surface area (Å²) in [7, 11) is 0. The van der Waals surface area contributed by atoms with Crippen LogP contribution in [0.15, 0.2) is 29.2 Å². The van der Waals surface area contributed by atoms with E-state index in [-0.39, 0.29) is 35.2 Å². The highest BCUT2D eigenvalue weighted by Crippen LogP contribution is 2.40. The molecule has 1 aromatic rings. The maximum Gasteiger partial charge on any atom is 0.446 e. The van der Waals surface area contributed by atoms with Crippen LogP contribution in [0.3, 0.4) is 0 Å². The van der Waals surface area contributed by atoms with Gasteiger partial charge in [-0.05, 0) is 30.3 Å². The number of hydrogen-bond donors (Lipinski definition) is 3. The highest BCUT2D eigenvalue weighted by atomic mass is 32.2. The highest BCUT2D eigenvalue weighted by Gasteiger charge is 2.30. The molecule has 0 fully saturated rings. The monoisotopic (exact) mass is 322 g/mol. The average Bonchev–Trinajstić information content (AvgIpc) is 2.36. The van der Waals surface area contributed by atoms with Crippen molar-refractivity contribution in [3.8, 4) is 0 Å². The van der Waals surface area contributed by atoms with Crippen LogP contribution in [-0.2, 0) is 9.59 Å². The van der Waals surface area contributed by atoms with E-state index in [0.717, 1.165) is 0 Å². The summed E-state index contributed by atoms with van der Waals surface area (Å²) >= 11 is -0.350. The maximum absolute atomic E-state index is 12.4. The number of hydrogen-bond acceptors (Lipinski definition) is 4. The Morgan fingerprint density at radius 3 is 2.52 bits per heavy atom. The molecule has 21 heavy (non-hydrogen) atoms. The lowest BCUT2D eigenvalue weighted by atomic mass is 10.1. The molecular formula is C12H13F3N2O3S. The van der Waals surface area contributed by atoms with Crippen LogP contribution in [0.4, 0.5) is 18.9 Å². The number of amides is 1. The van der Waals surface area contributed by atoms with Crippen LogP contribution in [0.1, 0.15) is 12.8 Å². The zero-order valence-corrected chi connectivity index (χ0v) is 11.5. The lowest BCUT2D eigenvalue weighted by Gasteiger charge is -2.14. The number of aliphatic carboxylic acids is 1. The molecule has 0 saturated carbocycles. The summed E-state index contributed by atoms with van der Waals surface area (Å²) in [4.78, 5) is 21.9. The summed E-state index contributed by atoms with van der Waals surface area (Å²) in [6, 6.07) is 4.31. The van der Waals surface area contributed by atoms with E-state index in [1.54, 1.807) is 0 Å². The molecule has 1 rings (SSSR count). The molecule has 4 N–H and O–H groups in total. The second-order valence-electron chi connectivity index (χ2n) is 4.07. The van der Waals surface area contributed by atoms with Crippen LogP contribution in [-0.4, -0.2) is 28.5 Å². The van der Waals surface area contributed by atoms with Crippen LogP contribution in [0.25, 0.3) is 0 Å². The number of anilines is 1. The lowest BCUT2D eigenvalue weighted by molar-refractivity contribution is -0.137. The Bertz CT molecular complexity index is 523. The second kappa shape index (κ2) is 7.32. The van der Waals surface area contributed by atoms with Crippen molar-refractivity contribution in [2.75, 3.05) is 5.32 Å². The van der Waals surface area contributed by atoms with Crippen molar-refractivity contribution in [1.82, 2.24) is 0 Å². The minimum Gasteiger partial charge on any atom is -0.481 e. The summed E-state index contributed by atoms with van der Waals surface area (Å²) in [6.45, 7) is 0. The first-order chi connectivity index (χ1) is 9.69. The molecule has 116 valence electrons. The molecule has 0 aliphatic carbocycles. The molecule has 1 amide bonds. The van der Waals surface area contributed by atoms with Crippen LogP contribution in [0.2, 0.25) is 0 Å². The first-order valence-electron chi connectivity index (χ1n) is 5.82. The first-order valence-corrected chi connectivity index (χ1v) is 6.63. The van der Waals surface area contributed by atoms with E-state index in [9.17, 15) is 22.8 Å². The number of carbonyl (C=O) groups excluding carboxylic acids is 1. The number of carboxylic acid groups (broad SMARTS) is 1. The molecule has 0 aromatic heterocycles. The van der Waals surface area contributed by atoms with Crippen molar-refractivity contribution in [3.63, 3.8) is 0 Å². The van der Waals surface area contributed by atoms with Gasteiger partial charge in [-0.2, -0.15) is 13.2 Å². The van der Waals surface area contributed by atoms with Crippen LogP contribution in [0, 0.1) is 0 Å². The van der Waals surface area contributed by atoms with E-state index < -0.39 is 23.4 Å². The van der Waals surface area contributed by atoms with Gasteiger partial charge in [0.05, 0.1) is 11.7 Å². The Hall–Kier alpha value is -1.74. The van der Waals surface area contributed by atoms with Gasteiger partial charge in [-0.15, -0.1) is 0 Å². The van der Waals surface area contributed by atoms with E-state index in [1.165, 1.54) is 24.3 Å². The average molecular weight is 322 g/mol. The third kappa shape index (κ3) is 6.50. The van der Waals surface area contributed by atoms with Gasteiger partial charge in [0.1, 0.15) is 0 Å². The van der Waals surface area contributed by atoms with Gasteiger partial charge in [-0.1, -0.05) is 12.1 Å². The number of carbonyl (C=O) groups is 2. The van der Waals surface area contributed by atoms with Crippen LogP contribution in [0.5, 0.6) is 0 Å². The van der Waals surface area contributed by atoms with Crippen molar-refractivity contribution in [2.45, 2.75) is 29.3 Å². The van der Waals surface area contributed by atoms with Crippen LogP contribution < -0.4 is 11.1 Å². The van der Waals surface area contributed by atoms with Gasteiger partial charge in [-0.25, -0.2) is 0 Å². The molecule has 0 heterocycles. The number of para-hydroxylation sites is 1. The van der Waals surface area contributed by atoms with Crippen molar-refractivity contribution >= 4 is 29.3 Å². The van der Waals surface area contributed by atoms with E-state index in [0.29, 0.717) is 0 Å². The lowest BCUT2D eigenvalue weighted by Crippen LogP contribution is -2.36. The largest absolute Gasteiger partial charge is 0.481 e. The topological polar surface area (TPSA) is 92.4 Å². The number of benzene rings is 1. The Morgan fingerprint density at radius 1 is 1.33 bits per heavy atom. The van der Waals surface area contributed by atoms with Gasteiger partial charge >= 0.3 is 11.5 Å². The van der Waals surface area contributed by atoms with E-state index in [2.05, 4.69) is 5.32 Å². The zero-order valence-electron chi connectivity index (χ0n) is 10.7. The van der Waals surface area contributed by atoms with Gasteiger partial charge in [-0.3, -0.25) is 9.59 Å². The number of halogens is 3. The summed E-state index contributed by atoms with van der Waals surface area (Å²) in [5.74, 6) is -1.84. The SMILES string of the molecule is NC(CCC(=O)O)C(=O)Nc1ccccc1SC(F)(F)F. The smallest absolute Gasteiger partial charge is 0.446 e. The van der Waals surface area contributed by atoms with Crippen molar-refractivity contribution in [3.05, 3.63) is 24.3 Å². The van der Waals surface area contributed by atoms with Gasteiger partial charge in [0, 0.05) is 11.3 Å². The Kier molecular flexibility index (Phi) is 6.03. The molecule has 0 saturated heterocycles. The van der Waals surface area contributed by atoms with E-state index in [4.69, 9.17) is 10.8 Å². The Morgan fingerprint density at radius 2 is 1.95 bits per heavy atom. The molecule has 1 aromatic carbocycles. The molecule has 0 aliphatic rings. The van der Waals surface area contributed by atoms with E-state index >= 15 is 0 Å². The Balaban J connectivity index is 2.74. The number of thioether (sulfide) groups is 1. The van der Waals surface area contributed by atoms with Gasteiger partial charge in [0.25, 0.3) is 0 Å². The number of nitrogens with one attached hydrogen (secondary N) is 1. The van der Waals surface area contributed by atoms with Crippen molar-refractivity contribution in [2.24, 2.45) is 5.73 Å². The van der Waals surface area contributed by atoms with Gasteiger partial charge in [0.2, 0.25) is 5.91 Å². The number of rotatable bonds is 6. The van der Waals surface area contributed by atoms with Crippen molar-refractivity contribution in [1.29, 1.82) is 0 Å². The summed E-state index contributed by atoms with van der Waals surface area (Å²) in [6.07, 6.45) is -0.400. The Labute approximate surface area is 122 Å².